The van der Waals surface area contributed by atoms with Gasteiger partial charge in [0.15, 0.2) is 10.4 Å². The standard InChI is InChI=1S/C15H26N4S/c1-5-8-9-12(6-2)10-18-14-13(16-15(18)20)11(4)17-19(14)7-3/h12H,5-10H2,1-4H3,(H,16,20). The summed E-state index contributed by atoms with van der Waals surface area (Å²) in [6.07, 6.45) is 5.04. The molecule has 2 aromatic heterocycles. The zero-order chi connectivity index (χ0) is 14.7. The Bertz CT molecular complexity index is 620. The Hall–Kier alpha value is -1.10. The Kier molecular flexibility index (Phi) is 5.02. The summed E-state index contributed by atoms with van der Waals surface area (Å²) in [7, 11) is 0. The fraction of sp³-hybridized carbons (Fsp3) is 0.733. The molecule has 1 N–H and O–H groups in total. The molecule has 2 rings (SSSR count). The van der Waals surface area contributed by atoms with Crippen molar-refractivity contribution in [1.82, 2.24) is 19.3 Å². The first-order chi connectivity index (χ1) is 9.62. The lowest BCUT2D eigenvalue weighted by Gasteiger charge is -2.16. The SMILES string of the molecule is CCCCC(CC)Cn1c(=S)[nH]c2c(C)nn(CC)c21. The van der Waals surface area contributed by atoms with E-state index in [1.807, 2.05) is 6.92 Å². The minimum Gasteiger partial charge on any atom is -0.328 e. The molecule has 0 aliphatic rings. The molecule has 1 unspecified atom stereocenters. The van der Waals surface area contributed by atoms with E-state index in [2.05, 4.69) is 40.1 Å². The Labute approximate surface area is 126 Å². The highest BCUT2D eigenvalue weighted by atomic mass is 32.1. The van der Waals surface area contributed by atoms with Gasteiger partial charge in [-0.05, 0) is 38.4 Å². The maximum Gasteiger partial charge on any atom is 0.179 e. The fourth-order valence-corrected chi connectivity index (χ4v) is 3.09. The molecule has 0 amide bonds. The van der Waals surface area contributed by atoms with Gasteiger partial charge in [-0.15, -0.1) is 0 Å². The van der Waals surface area contributed by atoms with Gasteiger partial charge in [-0.2, -0.15) is 5.10 Å². The molecule has 0 spiro atoms. The van der Waals surface area contributed by atoms with Crippen molar-refractivity contribution in [3.63, 3.8) is 0 Å². The smallest absolute Gasteiger partial charge is 0.179 e. The molecule has 0 aliphatic heterocycles. The van der Waals surface area contributed by atoms with Crippen LogP contribution in [0.25, 0.3) is 11.2 Å². The molecule has 0 saturated carbocycles. The molecule has 0 radical (unpaired) electrons. The second-order valence-corrected chi connectivity index (χ2v) is 5.94. The average Bonchev–Trinajstić information content (AvgIpc) is 2.92. The Balaban J connectivity index is 2.37. The molecule has 0 aromatic carbocycles. The third kappa shape index (κ3) is 2.82. The van der Waals surface area contributed by atoms with E-state index >= 15 is 0 Å². The van der Waals surface area contributed by atoms with E-state index in [0.29, 0.717) is 5.92 Å². The van der Waals surface area contributed by atoms with E-state index in [4.69, 9.17) is 12.2 Å². The third-order valence-electron chi connectivity index (χ3n) is 4.12. The lowest BCUT2D eigenvalue weighted by molar-refractivity contribution is 0.390. The van der Waals surface area contributed by atoms with Crippen LogP contribution in [0.1, 0.15) is 52.1 Å². The van der Waals surface area contributed by atoms with Crippen molar-refractivity contribution in [2.75, 3.05) is 0 Å². The summed E-state index contributed by atoms with van der Waals surface area (Å²) in [6, 6.07) is 0. The molecule has 0 bridgehead atoms. The Morgan fingerprint density at radius 2 is 2.05 bits per heavy atom. The summed E-state index contributed by atoms with van der Waals surface area (Å²) in [5.74, 6) is 0.696. The van der Waals surface area contributed by atoms with E-state index in [-0.39, 0.29) is 0 Å². The number of aryl methyl sites for hydroxylation is 2. The van der Waals surface area contributed by atoms with Crippen LogP contribution in [0.5, 0.6) is 0 Å². The zero-order valence-corrected chi connectivity index (χ0v) is 13.9. The summed E-state index contributed by atoms with van der Waals surface area (Å²) in [4.78, 5) is 3.33. The monoisotopic (exact) mass is 294 g/mol. The first-order valence-corrected chi connectivity index (χ1v) is 8.19. The van der Waals surface area contributed by atoms with Gasteiger partial charge in [0.25, 0.3) is 0 Å². The van der Waals surface area contributed by atoms with Crippen LogP contribution in [0, 0.1) is 17.6 Å². The van der Waals surface area contributed by atoms with Crippen molar-refractivity contribution in [2.45, 2.75) is 66.5 Å². The van der Waals surface area contributed by atoms with Crippen LogP contribution in [0.15, 0.2) is 0 Å². The molecule has 112 valence electrons. The third-order valence-corrected chi connectivity index (χ3v) is 4.44. The van der Waals surface area contributed by atoms with Gasteiger partial charge in [-0.25, -0.2) is 4.68 Å². The molecule has 2 heterocycles. The van der Waals surface area contributed by atoms with Crippen molar-refractivity contribution in [1.29, 1.82) is 0 Å². The Morgan fingerprint density at radius 3 is 2.65 bits per heavy atom. The number of nitrogens with zero attached hydrogens (tertiary/aromatic N) is 3. The van der Waals surface area contributed by atoms with Crippen molar-refractivity contribution >= 4 is 23.4 Å². The van der Waals surface area contributed by atoms with Crippen LogP contribution in [0.4, 0.5) is 0 Å². The predicted molar refractivity (Wildman–Crippen MR) is 86.6 cm³/mol. The van der Waals surface area contributed by atoms with Crippen LogP contribution in [-0.4, -0.2) is 19.3 Å². The number of nitrogens with one attached hydrogen (secondary N) is 1. The van der Waals surface area contributed by atoms with Gasteiger partial charge >= 0.3 is 0 Å². The maximum absolute atomic E-state index is 5.52. The lowest BCUT2D eigenvalue weighted by Crippen LogP contribution is -2.12. The molecule has 5 heteroatoms. The largest absolute Gasteiger partial charge is 0.328 e. The average molecular weight is 294 g/mol. The second kappa shape index (κ2) is 6.57. The number of rotatable bonds is 7. The molecule has 4 nitrogen and oxygen atoms in total. The molecule has 20 heavy (non-hydrogen) atoms. The second-order valence-electron chi connectivity index (χ2n) is 5.56. The number of aromatic amines is 1. The van der Waals surface area contributed by atoms with Crippen LogP contribution in [-0.2, 0) is 13.1 Å². The molecule has 0 fully saturated rings. The summed E-state index contributed by atoms with van der Waals surface area (Å²) < 4.78 is 5.14. The molecule has 0 aliphatic carbocycles. The van der Waals surface area contributed by atoms with Gasteiger partial charge in [-0.3, -0.25) is 0 Å². The molecule has 0 saturated heterocycles. The minimum atomic E-state index is 0.696. The number of fused-ring (bicyclic) bond motifs is 1. The first kappa shape index (κ1) is 15.3. The van der Waals surface area contributed by atoms with Gasteiger partial charge in [0, 0.05) is 13.1 Å². The summed E-state index contributed by atoms with van der Waals surface area (Å²) in [6.45, 7) is 10.6. The van der Waals surface area contributed by atoms with E-state index in [1.54, 1.807) is 0 Å². The number of imidazole rings is 1. The Morgan fingerprint density at radius 1 is 1.30 bits per heavy atom. The topological polar surface area (TPSA) is 38.5 Å². The van der Waals surface area contributed by atoms with Crippen molar-refractivity contribution in [3.05, 3.63) is 10.5 Å². The van der Waals surface area contributed by atoms with E-state index in [0.717, 1.165) is 34.7 Å². The molecule has 2 aromatic rings. The van der Waals surface area contributed by atoms with Gasteiger partial charge < -0.3 is 9.55 Å². The van der Waals surface area contributed by atoms with Crippen LogP contribution >= 0.6 is 12.2 Å². The molecule has 1 atom stereocenters. The number of hydrogen-bond acceptors (Lipinski definition) is 2. The van der Waals surface area contributed by atoms with Crippen molar-refractivity contribution < 1.29 is 0 Å². The highest BCUT2D eigenvalue weighted by Crippen LogP contribution is 2.22. The fourth-order valence-electron chi connectivity index (χ4n) is 2.83. The highest BCUT2D eigenvalue weighted by molar-refractivity contribution is 7.71. The normalized spacial score (nSPS) is 13.2. The number of hydrogen-bond donors (Lipinski definition) is 1. The lowest BCUT2D eigenvalue weighted by atomic mass is 9.99. The van der Waals surface area contributed by atoms with Crippen molar-refractivity contribution in [3.8, 4) is 0 Å². The zero-order valence-electron chi connectivity index (χ0n) is 13.1. The summed E-state index contributed by atoms with van der Waals surface area (Å²) in [5.41, 5.74) is 3.29. The number of H-pyrrole nitrogens is 1. The van der Waals surface area contributed by atoms with Gasteiger partial charge in [0.1, 0.15) is 5.52 Å². The highest BCUT2D eigenvalue weighted by Gasteiger charge is 2.16. The van der Waals surface area contributed by atoms with Crippen LogP contribution in [0.3, 0.4) is 0 Å². The summed E-state index contributed by atoms with van der Waals surface area (Å²) in [5, 5.41) is 4.58. The number of unbranched alkanes of at least 4 members (excludes halogenated alkanes) is 1. The van der Waals surface area contributed by atoms with Gasteiger partial charge in [0.05, 0.1) is 5.69 Å². The van der Waals surface area contributed by atoms with Gasteiger partial charge in [-0.1, -0.05) is 33.1 Å². The van der Waals surface area contributed by atoms with Gasteiger partial charge in [0.2, 0.25) is 0 Å². The van der Waals surface area contributed by atoms with Crippen LogP contribution < -0.4 is 0 Å². The number of aromatic nitrogens is 4. The first-order valence-electron chi connectivity index (χ1n) is 7.78. The van der Waals surface area contributed by atoms with E-state index < -0.39 is 0 Å². The van der Waals surface area contributed by atoms with E-state index in [9.17, 15) is 0 Å². The molecular weight excluding hydrogens is 268 g/mol. The predicted octanol–water partition coefficient (Wildman–Crippen LogP) is 4.44. The van der Waals surface area contributed by atoms with Crippen LogP contribution in [0.2, 0.25) is 0 Å². The van der Waals surface area contributed by atoms with E-state index in [1.165, 1.54) is 25.7 Å². The maximum atomic E-state index is 5.52. The quantitative estimate of drug-likeness (QED) is 0.767. The summed E-state index contributed by atoms with van der Waals surface area (Å²) >= 11 is 5.52. The minimum absolute atomic E-state index is 0.696. The van der Waals surface area contributed by atoms with Crippen molar-refractivity contribution in [2.24, 2.45) is 5.92 Å². The molecular formula is C15H26N4S.